The Morgan fingerprint density at radius 3 is 2.74 bits per heavy atom. The van der Waals surface area contributed by atoms with Crippen molar-refractivity contribution < 1.29 is 4.52 Å². The lowest BCUT2D eigenvalue weighted by Gasteiger charge is -2.31. The van der Waals surface area contributed by atoms with Gasteiger partial charge in [0.2, 0.25) is 5.89 Å². The second kappa shape index (κ2) is 5.09. The highest BCUT2D eigenvalue weighted by atomic mass is 16.5. The van der Waals surface area contributed by atoms with E-state index in [0.29, 0.717) is 0 Å². The van der Waals surface area contributed by atoms with Crippen molar-refractivity contribution in [3.8, 4) is 0 Å². The van der Waals surface area contributed by atoms with Crippen LogP contribution in [0.15, 0.2) is 4.52 Å². The van der Waals surface area contributed by atoms with Gasteiger partial charge in [0.25, 0.3) is 5.95 Å². The number of nitrogens with zero attached hydrogens (tertiary/aromatic N) is 4. The van der Waals surface area contributed by atoms with E-state index in [-0.39, 0.29) is 5.54 Å². The highest BCUT2D eigenvalue weighted by Crippen LogP contribution is 2.33. The minimum Gasteiger partial charge on any atom is -0.336 e. The van der Waals surface area contributed by atoms with Gasteiger partial charge in [0.15, 0.2) is 0 Å². The Hall–Kier alpha value is -1.14. The van der Waals surface area contributed by atoms with Crippen LogP contribution in [0.5, 0.6) is 0 Å². The van der Waals surface area contributed by atoms with Crippen molar-refractivity contribution in [3.05, 3.63) is 5.89 Å². The topological polar surface area (TPSA) is 57.4 Å². The summed E-state index contributed by atoms with van der Waals surface area (Å²) >= 11 is 0. The molecule has 0 spiro atoms. The molecule has 6 nitrogen and oxygen atoms in total. The smallest absolute Gasteiger partial charge is 0.266 e. The van der Waals surface area contributed by atoms with Crippen LogP contribution >= 0.6 is 0 Å². The summed E-state index contributed by atoms with van der Waals surface area (Å²) in [5, 5.41) is 7.72. The molecule has 2 aliphatic heterocycles. The number of likely N-dealkylation sites (N-methyl/N-ethyl adjacent to an activating group) is 1. The fraction of sp³-hybridized carbons (Fsp3) is 0.846. The number of nitrogens with one attached hydrogen (secondary N) is 1. The zero-order chi connectivity index (χ0) is 13.3. The van der Waals surface area contributed by atoms with E-state index in [1.54, 1.807) is 0 Å². The van der Waals surface area contributed by atoms with Gasteiger partial charge in [0.1, 0.15) is 0 Å². The minimum absolute atomic E-state index is 0.0855. The van der Waals surface area contributed by atoms with Crippen LogP contribution in [0.2, 0.25) is 0 Å². The van der Waals surface area contributed by atoms with Crippen LogP contribution in [0.3, 0.4) is 0 Å². The van der Waals surface area contributed by atoms with E-state index in [1.165, 1.54) is 6.42 Å². The number of anilines is 1. The minimum atomic E-state index is -0.0855. The summed E-state index contributed by atoms with van der Waals surface area (Å²) in [6, 6.07) is 0. The quantitative estimate of drug-likeness (QED) is 0.873. The maximum absolute atomic E-state index is 5.54. The summed E-state index contributed by atoms with van der Waals surface area (Å²) in [6.45, 7) is 7.28. The lowest BCUT2D eigenvalue weighted by atomic mass is 9.94. The molecule has 3 rings (SSSR count). The van der Waals surface area contributed by atoms with Crippen molar-refractivity contribution in [1.29, 1.82) is 0 Å². The van der Waals surface area contributed by atoms with Crippen molar-refractivity contribution in [2.24, 2.45) is 0 Å². The largest absolute Gasteiger partial charge is 0.336 e. The van der Waals surface area contributed by atoms with Gasteiger partial charge in [-0.25, -0.2) is 0 Å². The first-order chi connectivity index (χ1) is 9.23. The molecule has 1 aromatic heterocycles. The molecule has 1 unspecified atom stereocenters. The Labute approximate surface area is 114 Å². The average molecular weight is 265 g/mol. The van der Waals surface area contributed by atoms with E-state index < -0.39 is 0 Å². The molecule has 1 aromatic rings. The summed E-state index contributed by atoms with van der Waals surface area (Å²) in [5.41, 5.74) is -0.0855. The van der Waals surface area contributed by atoms with Crippen LogP contribution < -0.4 is 10.2 Å². The van der Waals surface area contributed by atoms with Gasteiger partial charge in [0, 0.05) is 26.2 Å². The number of piperazine rings is 1. The van der Waals surface area contributed by atoms with E-state index in [0.717, 1.165) is 57.4 Å². The van der Waals surface area contributed by atoms with E-state index in [1.807, 2.05) is 0 Å². The molecular formula is C13H23N5O. The molecule has 0 radical (unpaired) electrons. The van der Waals surface area contributed by atoms with Crippen LogP contribution in [-0.4, -0.2) is 54.8 Å². The maximum atomic E-state index is 5.54. The summed E-state index contributed by atoms with van der Waals surface area (Å²) in [7, 11) is 2.15. The zero-order valence-electron chi connectivity index (χ0n) is 11.9. The first-order valence-corrected chi connectivity index (χ1v) is 7.26. The molecule has 3 heterocycles. The van der Waals surface area contributed by atoms with Crippen LogP contribution in [0.4, 0.5) is 5.95 Å². The van der Waals surface area contributed by atoms with Crippen molar-refractivity contribution in [1.82, 2.24) is 20.4 Å². The standard InChI is InChI=1S/C13H23N5O/c1-3-13(5-4-6-14-13)11-15-12(16-19-11)18-9-7-17(2)8-10-18/h14H,3-10H2,1-2H3. The summed E-state index contributed by atoms with van der Waals surface area (Å²) in [6.07, 6.45) is 3.27. The highest BCUT2D eigenvalue weighted by Gasteiger charge is 2.39. The lowest BCUT2D eigenvalue weighted by Crippen LogP contribution is -2.45. The van der Waals surface area contributed by atoms with E-state index >= 15 is 0 Å². The lowest BCUT2D eigenvalue weighted by molar-refractivity contribution is 0.249. The first-order valence-electron chi connectivity index (χ1n) is 7.26. The third-order valence-corrected chi connectivity index (χ3v) is 4.46. The molecule has 0 aromatic carbocycles. The van der Waals surface area contributed by atoms with Gasteiger partial charge >= 0.3 is 0 Å². The Morgan fingerprint density at radius 2 is 2.11 bits per heavy atom. The average Bonchev–Trinajstić information content (AvgIpc) is 3.09. The van der Waals surface area contributed by atoms with Gasteiger partial charge in [-0.15, -0.1) is 0 Å². The second-order valence-corrected chi connectivity index (χ2v) is 5.66. The van der Waals surface area contributed by atoms with Gasteiger partial charge in [0.05, 0.1) is 5.54 Å². The molecule has 1 N–H and O–H groups in total. The number of hydrogen-bond acceptors (Lipinski definition) is 6. The van der Waals surface area contributed by atoms with Crippen molar-refractivity contribution >= 4 is 5.95 Å². The third kappa shape index (κ3) is 2.34. The third-order valence-electron chi connectivity index (χ3n) is 4.46. The molecule has 2 fully saturated rings. The summed E-state index contributed by atoms with van der Waals surface area (Å²) in [4.78, 5) is 9.19. The van der Waals surface area contributed by atoms with Crippen molar-refractivity contribution in [2.75, 3.05) is 44.7 Å². The first kappa shape index (κ1) is 12.9. The number of hydrogen-bond donors (Lipinski definition) is 1. The number of aromatic nitrogens is 2. The molecule has 0 amide bonds. The molecule has 19 heavy (non-hydrogen) atoms. The fourth-order valence-corrected chi connectivity index (χ4v) is 2.99. The van der Waals surface area contributed by atoms with E-state index in [4.69, 9.17) is 4.52 Å². The van der Waals surface area contributed by atoms with Crippen molar-refractivity contribution in [3.63, 3.8) is 0 Å². The molecular weight excluding hydrogens is 242 g/mol. The predicted molar refractivity (Wildman–Crippen MR) is 73.2 cm³/mol. The van der Waals surface area contributed by atoms with E-state index in [2.05, 4.69) is 39.2 Å². The molecule has 0 saturated carbocycles. The maximum Gasteiger partial charge on any atom is 0.266 e. The van der Waals surface area contributed by atoms with Gasteiger partial charge in [-0.1, -0.05) is 6.92 Å². The fourth-order valence-electron chi connectivity index (χ4n) is 2.99. The van der Waals surface area contributed by atoms with Gasteiger partial charge in [-0.3, -0.25) is 0 Å². The molecule has 6 heteroatoms. The predicted octanol–water partition coefficient (Wildman–Crippen LogP) is 0.810. The van der Waals surface area contributed by atoms with E-state index in [9.17, 15) is 0 Å². The molecule has 2 saturated heterocycles. The summed E-state index contributed by atoms with van der Waals surface area (Å²) < 4.78 is 5.54. The highest BCUT2D eigenvalue weighted by molar-refractivity contribution is 5.29. The monoisotopic (exact) mass is 265 g/mol. The molecule has 2 aliphatic rings. The Morgan fingerprint density at radius 1 is 1.32 bits per heavy atom. The zero-order valence-corrected chi connectivity index (χ0v) is 11.9. The summed E-state index contributed by atoms with van der Waals surface area (Å²) in [5.74, 6) is 1.52. The number of rotatable bonds is 3. The Kier molecular flexibility index (Phi) is 3.45. The van der Waals surface area contributed by atoms with Crippen LogP contribution in [0.1, 0.15) is 32.1 Å². The molecule has 106 valence electrons. The van der Waals surface area contributed by atoms with Gasteiger partial charge in [-0.05, 0) is 38.0 Å². The van der Waals surface area contributed by atoms with Crippen LogP contribution in [0, 0.1) is 0 Å². The Bertz CT molecular complexity index is 418. The molecule has 0 bridgehead atoms. The van der Waals surface area contributed by atoms with Gasteiger partial charge < -0.3 is 19.6 Å². The van der Waals surface area contributed by atoms with Crippen LogP contribution in [-0.2, 0) is 5.54 Å². The SMILES string of the molecule is CCC1(c2nc(N3CCN(C)CC3)no2)CCCN1. The Balaban J connectivity index is 1.75. The van der Waals surface area contributed by atoms with Crippen molar-refractivity contribution in [2.45, 2.75) is 31.7 Å². The second-order valence-electron chi connectivity index (χ2n) is 5.66. The normalized spacial score (nSPS) is 29.1. The molecule has 1 atom stereocenters. The molecule has 0 aliphatic carbocycles. The van der Waals surface area contributed by atoms with Crippen LogP contribution in [0.25, 0.3) is 0 Å². The van der Waals surface area contributed by atoms with Gasteiger partial charge in [-0.2, -0.15) is 4.98 Å².